The van der Waals surface area contributed by atoms with E-state index >= 15 is 0 Å². The largest absolute Gasteiger partial charge is 0.316 e. The monoisotopic (exact) mass is 227 g/mol. The first-order valence-corrected chi connectivity index (χ1v) is 7.07. The van der Waals surface area contributed by atoms with Crippen LogP contribution in [-0.4, -0.2) is 13.1 Å². The molecule has 0 rings (SSSR count). The van der Waals surface area contributed by atoms with Crippen molar-refractivity contribution < 1.29 is 0 Å². The smallest absolute Gasteiger partial charge is 0.00258 e. The number of rotatable bonds is 9. The first kappa shape index (κ1) is 16.0. The summed E-state index contributed by atoms with van der Waals surface area (Å²) in [5.41, 5.74) is 0.519. The van der Waals surface area contributed by atoms with Gasteiger partial charge in [-0.2, -0.15) is 0 Å². The zero-order chi connectivity index (χ0) is 12.6. The summed E-state index contributed by atoms with van der Waals surface area (Å²) in [6.45, 7) is 16.4. The molecule has 1 N–H and O–H groups in total. The fourth-order valence-corrected chi connectivity index (χ4v) is 1.69. The predicted molar refractivity (Wildman–Crippen MR) is 74.8 cm³/mol. The van der Waals surface area contributed by atoms with Crippen molar-refractivity contribution in [1.82, 2.24) is 5.32 Å². The maximum Gasteiger partial charge on any atom is -0.00258 e. The van der Waals surface area contributed by atoms with Crippen LogP contribution < -0.4 is 5.32 Å². The van der Waals surface area contributed by atoms with E-state index < -0.39 is 0 Å². The van der Waals surface area contributed by atoms with E-state index in [1.165, 1.54) is 32.2 Å². The highest BCUT2D eigenvalue weighted by Gasteiger charge is 2.20. The summed E-state index contributed by atoms with van der Waals surface area (Å²) < 4.78 is 0. The minimum atomic E-state index is 0.519. The molecule has 0 fully saturated rings. The molecule has 98 valence electrons. The van der Waals surface area contributed by atoms with Gasteiger partial charge < -0.3 is 5.32 Å². The highest BCUT2D eigenvalue weighted by Crippen LogP contribution is 2.31. The number of hydrogen-bond donors (Lipinski definition) is 1. The van der Waals surface area contributed by atoms with Gasteiger partial charge in [-0.3, -0.25) is 0 Å². The van der Waals surface area contributed by atoms with Gasteiger partial charge in [0.25, 0.3) is 0 Å². The molecule has 0 bridgehead atoms. The van der Waals surface area contributed by atoms with Gasteiger partial charge in [-0.05, 0) is 43.2 Å². The second-order valence-corrected chi connectivity index (χ2v) is 6.55. The Morgan fingerprint density at radius 3 is 2.06 bits per heavy atom. The molecule has 0 aliphatic carbocycles. The SMILES string of the molecule is CC(C)CNCCCCCC(C)(C)C(C)C. The lowest BCUT2D eigenvalue weighted by molar-refractivity contribution is 0.221. The molecule has 0 aromatic heterocycles. The van der Waals surface area contributed by atoms with Crippen LogP contribution in [0.5, 0.6) is 0 Å². The van der Waals surface area contributed by atoms with E-state index in [9.17, 15) is 0 Å². The van der Waals surface area contributed by atoms with E-state index in [1.807, 2.05) is 0 Å². The normalized spacial score (nSPS) is 12.8. The van der Waals surface area contributed by atoms with E-state index in [0.29, 0.717) is 5.41 Å². The summed E-state index contributed by atoms with van der Waals surface area (Å²) in [6, 6.07) is 0. The molecule has 0 atom stereocenters. The molecular weight excluding hydrogens is 194 g/mol. The Morgan fingerprint density at radius 1 is 0.938 bits per heavy atom. The Kier molecular flexibility index (Phi) is 8.09. The topological polar surface area (TPSA) is 12.0 Å². The molecule has 0 spiro atoms. The molecule has 0 aliphatic heterocycles. The Morgan fingerprint density at radius 2 is 1.56 bits per heavy atom. The first-order chi connectivity index (χ1) is 7.36. The average Bonchev–Trinajstić information content (AvgIpc) is 2.15. The lowest BCUT2D eigenvalue weighted by Crippen LogP contribution is -2.21. The van der Waals surface area contributed by atoms with Crippen LogP contribution in [0.2, 0.25) is 0 Å². The fraction of sp³-hybridized carbons (Fsp3) is 1.00. The predicted octanol–water partition coefficient (Wildman–Crippen LogP) is 4.47. The van der Waals surface area contributed by atoms with Gasteiger partial charge in [-0.25, -0.2) is 0 Å². The van der Waals surface area contributed by atoms with Gasteiger partial charge in [0.05, 0.1) is 0 Å². The van der Waals surface area contributed by atoms with Crippen LogP contribution in [-0.2, 0) is 0 Å². The second kappa shape index (κ2) is 8.11. The van der Waals surface area contributed by atoms with Crippen LogP contribution >= 0.6 is 0 Å². The molecule has 1 nitrogen and oxygen atoms in total. The molecule has 0 amide bonds. The second-order valence-electron chi connectivity index (χ2n) is 6.55. The van der Waals surface area contributed by atoms with E-state index in [-0.39, 0.29) is 0 Å². The van der Waals surface area contributed by atoms with E-state index in [2.05, 4.69) is 46.9 Å². The summed E-state index contributed by atoms with van der Waals surface area (Å²) >= 11 is 0. The average molecular weight is 227 g/mol. The Hall–Kier alpha value is -0.0400. The minimum absolute atomic E-state index is 0.519. The summed E-state index contributed by atoms with van der Waals surface area (Å²) in [5.74, 6) is 1.58. The molecular formula is C15H33N. The van der Waals surface area contributed by atoms with Gasteiger partial charge in [-0.15, -0.1) is 0 Å². The first-order valence-electron chi connectivity index (χ1n) is 7.07. The number of hydrogen-bond acceptors (Lipinski definition) is 1. The number of nitrogens with one attached hydrogen (secondary N) is 1. The maximum atomic E-state index is 3.51. The van der Waals surface area contributed by atoms with Crippen molar-refractivity contribution in [3.63, 3.8) is 0 Å². The molecule has 16 heavy (non-hydrogen) atoms. The van der Waals surface area contributed by atoms with Crippen molar-refractivity contribution in [2.45, 2.75) is 67.2 Å². The van der Waals surface area contributed by atoms with Crippen LogP contribution in [0.25, 0.3) is 0 Å². The van der Waals surface area contributed by atoms with Gasteiger partial charge in [0.15, 0.2) is 0 Å². The molecule has 0 unspecified atom stereocenters. The molecule has 1 heteroatoms. The van der Waals surface area contributed by atoms with Gasteiger partial charge in [0.2, 0.25) is 0 Å². The summed E-state index contributed by atoms with van der Waals surface area (Å²) in [7, 11) is 0. The highest BCUT2D eigenvalue weighted by atomic mass is 14.8. The molecule has 0 heterocycles. The Balaban J connectivity index is 3.34. The van der Waals surface area contributed by atoms with Crippen LogP contribution in [0.4, 0.5) is 0 Å². The summed E-state index contributed by atoms with van der Waals surface area (Å²) in [4.78, 5) is 0. The quantitative estimate of drug-likeness (QED) is 0.573. The van der Waals surface area contributed by atoms with Gasteiger partial charge in [0.1, 0.15) is 0 Å². The highest BCUT2D eigenvalue weighted by molar-refractivity contribution is 4.72. The van der Waals surface area contributed by atoms with Crippen LogP contribution in [0.1, 0.15) is 67.2 Å². The Labute approximate surface area is 103 Å². The van der Waals surface area contributed by atoms with Crippen molar-refractivity contribution in [1.29, 1.82) is 0 Å². The van der Waals surface area contributed by atoms with Gasteiger partial charge in [-0.1, -0.05) is 54.4 Å². The zero-order valence-corrected chi connectivity index (χ0v) is 12.4. The van der Waals surface area contributed by atoms with Gasteiger partial charge in [0, 0.05) is 0 Å². The Bertz CT molecular complexity index is 159. The maximum absolute atomic E-state index is 3.51. The number of unbranched alkanes of at least 4 members (excludes halogenated alkanes) is 2. The third-order valence-corrected chi connectivity index (χ3v) is 3.79. The van der Waals surface area contributed by atoms with Crippen LogP contribution in [0.3, 0.4) is 0 Å². The molecule has 0 saturated carbocycles. The van der Waals surface area contributed by atoms with Crippen molar-refractivity contribution in [3.05, 3.63) is 0 Å². The van der Waals surface area contributed by atoms with E-state index in [0.717, 1.165) is 18.4 Å². The fourth-order valence-electron chi connectivity index (χ4n) is 1.69. The standard InChI is InChI=1S/C15H33N/c1-13(2)12-16-11-9-7-8-10-15(5,6)14(3)4/h13-14,16H,7-12H2,1-6H3. The molecule has 0 aliphatic rings. The lowest BCUT2D eigenvalue weighted by Gasteiger charge is -2.29. The third-order valence-electron chi connectivity index (χ3n) is 3.79. The van der Waals surface area contributed by atoms with Gasteiger partial charge >= 0.3 is 0 Å². The third kappa shape index (κ3) is 8.15. The van der Waals surface area contributed by atoms with E-state index in [4.69, 9.17) is 0 Å². The minimum Gasteiger partial charge on any atom is -0.316 e. The molecule has 0 aromatic carbocycles. The summed E-state index contributed by atoms with van der Waals surface area (Å²) in [6.07, 6.45) is 5.46. The van der Waals surface area contributed by atoms with Crippen molar-refractivity contribution >= 4 is 0 Å². The molecule has 0 aromatic rings. The van der Waals surface area contributed by atoms with Crippen LogP contribution in [0.15, 0.2) is 0 Å². The van der Waals surface area contributed by atoms with Crippen molar-refractivity contribution in [2.24, 2.45) is 17.3 Å². The summed E-state index contributed by atoms with van der Waals surface area (Å²) in [5, 5.41) is 3.51. The van der Waals surface area contributed by atoms with Crippen molar-refractivity contribution in [2.75, 3.05) is 13.1 Å². The zero-order valence-electron chi connectivity index (χ0n) is 12.4. The van der Waals surface area contributed by atoms with Crippen molar-refractivity contribution in [3.8, 4) is 0 Å². The lowest BCUT2D eigenvalue weighted by atomic mass is 9.77. The van der Waals surface area contributed by atoms with Crippen LogP contribution in [0, 0.1) is 17.3 Å². The molecule has 0 saturated heterocycles. The van der Waals surface area contributed by atoms with E-state index in [1.54, 1.807) is 0 Å². The molecule has 0 radical (unpaired) electrons.